The molecule has 0 aliphatic heterocycles. The SMILES string of the molecule is O=C(Cc1cccc(-c2nc3ccccc3o2)c1)NC1CCCCC1. The van der Waals surface area contributed by atoms with Crippen LogP contribution >= 0.6 is 0 Å². The number of benzene rings is 2. The molecule has 1 heterocycles. The van der Waals surface area contributed by atoms with Gasteiger partial charge >= 0.3 is 0 Å². The number of para-hydroxylation sites is 2. The Hall–Kier alpha value is -2.62. The smallest absolute Gasteiger partial charge is 0.227 e. The molecule has 1 N–H and O–H groups in total. The molecule has 1 fully saturated rings. The fourth-order valence-electron chi connectivity index (χ4n) is 3.52. The number of nitrogens with one attached hydrogen (secondary N) is 1. The Balaban J connectivity index is 1.48. The predicted molar refractivity (Wildman–Crippen MR) is 98.2 cm³/mol. The van der Waals surface area contributed by atoms with Gasteiger partial charge in [-0.15, -0.1) is 0 Å². The second-order valence-corrected chi connectivity index (χ2v) is 6.77. The first-order valence-corrected chi connectivity index (χ1v) is 9.02. The second-order valence-electron chi connectivity index (χ2n) is 6.77. The molecule has 0 radical (unpaired) electrons. The van der Waals surface area contributed by atoms with Gasteiger partial charge in [-0.1, -0.05) is 43.5 Å². The summed E-state index contributed by atoms with van der Waals surface area (Å²) in [5.74, 6) is 0.692. The van der Waals surface area contributed by atoms with Crippen molar-refractivity contribution in [3.8, 4) is 11.5 Å². The summed E-state index contributed by atoms with van der Waals surface area (Å²) in [6.45, 7) is 0. The summed E-state index contributed by atoms with van der Waals surface area (Å²) in [6.07, 6.45) is 6.34. The summed E-state index contributed by atoms with van der Waals surface area (Å²) >= 11 is 0. The van der Waals surface area contributed by atoms with Crippen LogP contribution in [-0.2, 0) is 11.2 Å². The number of carbonyl (C=O) groups is 1. The van der Waals surface area contributed by atoms with Gasteiger partial charge in [0.1, 0.15) is 5.52 Å². The summed E-state index contributed by atoms with van der Waals surface area (Å²) in [7, 11) is 0. The molecular formula is C21H22N2O2. The van der Waals surface area contributed by atoms with Crippen molar-refractivity contribution in [1.82, 2.24) is 10.3 Å². The largest absolute Gasteiger partial charge is 0.436 e. The Morgan fingerprint density at radius 1 is 1.08 bits per heavy atom. The van der Waals surface area contributed by atoms with Gasteiger partial charge in [0.15, 0.2) is 5.58 Å². The van der Waals surface area contributed by atoms with Gasteiger partial charge in [0.2, 0.25) is 11.8 Å². The number of carbonyl (C=O) groups excluding carboxylic acids is 1. The lowest BCUT2D eigenvalue weighted by Crippen LogP contribution is -2.37. The number of hydrogen-bond donors (Lipinski definition) is 1. The minimum absolute atomic E-state index is 0.0987. The topological polar surface area (TPSA) is 55.1 Å². The Morgan fingerprint density at radius 3 is 2.76 bits per heavy atom. The van der Waals surface area contributed by atoms with Gasteiger partial charge in [0.05, 0.1) is 6.42 Å². The molecule has 0 saturated heterocycles. The molecule has 128 valence electrons. The first-order chi connectivity index (χ1) is 12.3. The van der Waals surface area contributed by atoms with E-state index < -0.39 is 0 Å². The fourth-order valence-corrected chi connectivity index (χ4v) is 3.52. The number of oxazole rings is 1. The molecule has 0 bridgehead atoms. The van der Waals surface area contributed by atoms with E-state index in [1.807, 2.05) is 48.5 Å². The summed E-state index contributed by atoms with van der Waals surface area (Å²) in [5, 5.41) is 3.17. The zero-order valence-electron chi connectivity index (χ0n) is 14.2. The van der Waals surface area contributed by atoms with E-state index in [0.717, 1.165) is 35.1 Å². The van der Waals surface area contributed by atoms with Crippen LogP contribution in [0.15, 0.2) is 52.9 Å². The lowest BCUT2D eigenvalue weighted by molar-refractivity contribution is -0.121. The Kier molecular flexibility index (Phi) is 4.51. The first-order valence-electron chi connectivity index (χ1n) is 9.02. The van der Waals surface area contributed by atoms with Crippen LogP contribution in [0, 0.1) is 0 Å². The lowest BCUT2D eigenvalue weighted by Gasteiger charge is -2.22. The highest BCUT2D eigenvalue weighted by Crippen LogP contribution is 2.25. The van der Waals surface area contributed by atoms with Crippen LogP contribution in [0.2, 0.25) is 0 Å². The maximum absolute atomic E-state index is 12.3. The van der Waals surface area contributed by atoms with Crippen molar-refractivity contribution in [2.75, 3.05) is 0 Å². The van der Waals surface area contributed by atoms with Crippen molar-refractivity contribution in [2.24, 2.45) is 0 Å². The zero-order chi connectivity index (χ0) is 17.1. The molecule has 2 aromatic carbocycles. The molecule has 0 unspecified atom stereocenters. The third-order valence-corrected chi connectivity index (χ3v) is 4.80. The number of aromatic nitrogens is 1. The highest BCUT2D eigenvalue weighted by molar-refractivity contribution is 5.80. The molecule has 4 rings (SSSR count). The number of nitrogens with zero attached hydrogens (tertiary/aromatic N) is 1. The average molecular weight is 334 g/mol. The normalized spacial score (nSPS) is 15.4. The van der Waals surface area contributed by atoms with Gasteiger partial charge in [0.25, 0.3) is 0 Å². The van der Waals surface area contributed by atoms with Gasteiger partial charge < -0.3 is 9.73 Å². The van der Waals surface area contributed by atoms with Crippen LogP contribution in [0.3, 0.4) is 0 Å². The molecule has 1 amide bonds. The number of rotatable bonds is 4. The van der Waals surface area contributed by atoms with E-state index in [2.05, 4.69) is 10.3 Å². The third-order valence-electron chi connectivity index (χ3n) is 4.80. The molecule has 1 saturated carbocycles. The molecule has 1 aromatic heterocycles. The van der Waals surface area contributed by atoms with Crippen LogP contribution in [0.25, 0.3) is 22.6 Å². The highest BCUT2D eigenvalue weighted by atomic mass is 16.3. The highest BCUT2D eigenvalue weighted by Gasteiger charge is 2.16. The molecule has 4 heteroatoms. The van der Waals surface area contributed by atoms with Crippen LogP contribution < -0.4 is 5.32 Å². The summed E-state index contributed by atoms with van der Waals surface area (Å²) in [6, 6.07) is 16.0. The van der Waals surface area contributed by atoms with Gasteiger partial charge in [-0.2, -0.15) is 0 Å². The molecule has 1 aliphatic carbocycles. The molecule has 0 spiro atoms. The number of hydrogen-bond acceptors (Lipinski definition) is 3. The maximum Gasteiger partial charge on any atom is 0.227 e. The molecule has 25 heavy (non-hydrogen) atoms. The minimum Gasteiger partial charge on any atom is -0.436 e. The van der Waals surface area contributed by atoms with Crippen molar-refractivity contribution in [3.05, 3.63) is 54.1 Å². The maximum atomic E-state index is 12.3. The lowest BCUT2D eigenvalue weighted by atomic mass is 9.95. The van der Waals surface area contributed by atoms with Crippen LogP contribution in [0.1, 0.15) is 37.7 Å². The summed E-state index contributed by atoms with van der Waals surface area (Å²) in [4.78, 5) is 16.8. The Bertz CT molecular complexity index is 845. The Morgan fingerprint density at radius 2 is 1.92 bits per heavy atom. The molecule has 1 aliphatic rings. The van der Waals surface area contributed by atoms with Crippen molar-refractivity contribution >= 4 is 17.0 Å². The molecule has 3 aromatic rings. The van der Waals surface area contributed by atoms with E-state index in [4.69, 9.17) is 4.42 Å². The summed E-state index contributed by atoms with van der Waals surface area (Å²) in [5.41, 5.74) is 3.50. The van der Waals surface area contributed by atoms with Crippen LogP contribution in [0.5, 0.6) is 0 Å². The average Bonchev–Trinajstić information content (AvgIpc) is 3.07. The Labute approximate surface area is 147 Å². The third kappa shape index (κ3) is 3.73. The quantitative estimate of drug-likeness (QED) is 0.765. The van der Waals surface area contributed by atoms with E-state index in [-0.39, 0.29) is 5.91 Å². The van der Waals surface area contributed by atoms with E-state index >= 15 is 0 Å². The standard InChI is InChI=1S/C21H22N2O2/c24-20(22-17-9-2-1-3-10-17)14-15-7-6-8-16(13-15)21-23-18-11-4-5-12-19(18)25-21/h4-8,11-13,17H,1-3,9-10,14H2,(H,22,24). The predicted octanol–water partition coefficient (Wildman–Crippen LogP) is 4.49. The van der Waals surface area contributed by atoms with Crippen molar-refractivity contribution in [2.45, 2.75) is 44.6 Å². The van der Waals surface area contributed by atoms with Crippen molar-refractivity contribution in [3.63, 3.8) is 0 Å². The van der Waals surface area contributed by atoms with Crippen molar-refractivity contribution < 1.29 is 9.21 Å². The van der Waals surface area contributed by atoms with Gasteiger partial charge in [0, 0.05) is 11.6 Å². The van der Waals surface area contributed by atoms with E-state index in [9.17, 15) is 4.79 Å². The van der Waals surface area contributed by atoms with Crippen molar-refractivity contribution in [1.29, 1.82) is 0 Å². The second kappa shape index (κ2) is 7.09. The zero-order valence-corrected chi connectivity index (χ0v) is 14.2. The summed E-state index contributed by atoms with van der Waals surface area (Å²) < 4.78 is 5.82. The van der Waals surface area contributed by atoms with Gasteiger partial charge in [-0.05, 0) is 42.7 Å². The fraction of sp³-hybridized carbons (Fsp3) is 0.333. The molecule has 0 atom stereocenters. The van der Waals surface area contributed by atoms with E-state index in [1.54, 1.807) is 0 Å². The number of amides is 1. The minimum atomic E-state index is 0.0987. The van der Waals surface area contributed by atoms with Crippen LogP contribution in [-0.4, -0.2) is 16.9 Å². The van der Waals surface area contributed by atoms with Gasteiger partial charge in [-0.25, -0.2) is 4.98 Å². The molecule has 4 nitrogen and oxygen atoms in total. The van der Waals surface area contributed by atoms with Crippen LogP contribution in [0.4, 0.5) is 0 Å². The number of fused-ring (bicyclic) bond motifs is 1. The van der Waals surface area contributed by atoms with E-state index in [0.29, 0.717) is 18.4 Å². The molecular weight excluding hydrogens is 312 g/mol. The van der Waals surface area contributed by atoms with Gasteiger partial charge in [-0.3, -0.25) is 4.79 Å². The first kappa shape index (κ1) is 15.9. The van der Waals surface area contributed by atoms with E-state index in [1.165, 1.54) is 19.3 Å². The monoisotopic (exact) mass is 334 g/mol.